The summed E-state index contributed by atoms with van der Waals surface area (Å²) in [5.74, 6) is -1.00. The van der Waals surface area contributed by atoms with Crippen molar-refractivity contribution in [1.29, 1.82) is 0 Å². The topological polar surface area (TPSA) is 108 Å². The predicted octanol–water partition coefficient (Wildman–Crippen LogP) is 5.63. The fourth-order valence-electron chi connectivity index (χ4n) is 5.06. The van der Waals surface area contributed by atoms with Gasteiger partial charge in [0.15, 0.2) is 6.10 Å². The molecule has 3 N–H and O–H groups in total. The molecule has 2 aromatic rings. The zero-order valence-corrected chi connectivity index (χ0v) is 24.1. The third kappa shape index (κ3) is 8.19. The summed E-state index contributed by atoms with van der Waals surface area (Å²) in [4.78, 5) is 38.5. The summed E-state index contributed by atoms with van der Waals surface area (Å²) in [7, 11) is 0. The summed E-state index contributed by atoms with van der Waals surface area (Å²) >= 11 is 6.28. The van der Waals surface area contributed by atoms with Crippen LogP contribution in [0.15, 0.2) is 54.6 Å². The van der Waals surface area contributed by atoms with E-state index in [2.05, 4.69) is 10.6 Å². The first-order valence-electron chi connectivity index (χ1n) is 13.5. The summed E-state index contributed by atoms with van der Waals surface area (Å²) < 4.78 is 5.74. The molecule has 1 saturated heterocycles. The summed E-state index contributed by atoms with van der Waals surface area (Å²) in [5.41, 5.74) is 1.26. The first-order valence-corrected chi connectivity index (χ1v) is 13.8. The van der Waals surface area contributed by atoms with Gasteiger partial charge in [0.25, 0.3) is 5.91 Å². The van der Waals surface area contributed by atoms with E-state index < -0.39 is 29.6 Å². The van der Waals surface area contributed by atoms with Gasteiger partial charge in [0, 0.05) is 28.9 Å². The number of benzene rings is 2. The van der Waals surface area contributed by atoms with Gasteiger partial charge in [-0.3, -0.25) is 14.8 Å². The van der Waals surface area contributed by atoms with Crippen LogP contribution in [0.25, 0.3) is 0 Å². The van der Waals surface area contributed by atoms with Crippen LogP contribution in [0.1, 0.15) is 71.0 Å². The lowest BCUT2D eigenvalue weighted by molar-refractivity contribution is -0.160. The van der Waals surface area contributed by atoms with Gasteiger partial charge in [-0.15, -0.1) is 0 Å². The molecule has 2 aromatic carbocycles. The molecule has 39 heavy (non-hydrogen) atoms. The Morgan fingerprint density at radius 2 is 1.79 bits per heavy atom. The number of hydroxylamine groups is 2. The second kappa shape index (κ2) is 13.3. The molecule has 0 radical (unpaired) electrons. The SMILES string of the molecule is CC(C)C[C@H](OC(=O)NC(c1ccccc1)C(C)(C)c1cccc(Cl)c1)C(=O)N[C@@H](C)C[C@@H]1CCN(O)C1=O. The summed E-state index contributed by atoms with van der Waals surface area (Å²) in [6.45, 7) is 10.0. The molecule has 0 bridgehead atoms. The molecular weight excluding hydrogens is 518 g/mol. The molecule has 8 nitrogen and oxygen atoms in total. The number of hydrogen-bond donors (Lipinski definition) is 3. The third-order valence-corrected chi connectivity index (χ3v) is 7.47. The first kappa shape index (κ1) is 30.4. The van der Waals surface area contributed by atoms with E-state index in [1.54, 1.807) is 13.0 Å². The third-order valence-electron chi connectivity index (χ3n) is 7.23. The van der Waals surface area contributed by atoms with Gasteiger partial charge < -0.3 is 15.4 Å². The molecule has 0 spiro atoms. The smallest absolute Gasteiger partial charge is 0.408 e. The maximum Gasteiger partial charge on any atom is 0.408 e. The number of carbonyl (C=O) groups is 3. The largest absolute Gasteiger partial charge is 0.436 e. The zero-order valence-electron chi connectivity index (χ0n) is 23.3. The van der Waals surface area contributed by atoms with Crippen molar-refractivity contribution in [3.05, 3.63) is 70.7 Å². The van der Waals surface area contributed by atoms with Gasteiger partial charge in [-0.25, -0.2) is 9.86 Å². The minimum Gasteiger partial charge on any atom is -0.436 e. The van der Waals surface area contributed by atoms with Crippen molar-refractivity contribution >= 4 is 29.5 Å². The minimum atomic E-state index is -1.01. The van der Waals surface area contributed by atoms with Crippen LogP contribution in [0.2, 0.25) is 5.02 Å². The van der Waals surface area contributed by atoms with Crippen LogP contribution in [0, 0.1) is 11.8 Å². The van der Waals surface area contributed by atoms with Gasteiger partial charge in [-0.05, 0) is 55.4 Å². The lowest BCUT2D eigenvalue weighted by atomic mass is 9.75. The number of rotatable bonds is 11. The molecule has 4 atom stereocenters. The highest BCUT2D eigenvalue weighted by molar-refractivity contribution is 6.30. The highest BCUT2D eigenvalue weighted by atomic mass is 35.5. The standard InChI is InChI=1S/C30H40ClN3O5/c1-19(2)16-25(27(35)32-20(3)17-22-14-15-34(38)28(22)36)39-29(37)33-26(21-10-7-6-8-11-21)30(4,5)23-12-9-13-24(31)18-23/h6-13,18-20,22,25-26,38H,14-17H2,1-5H3,(H,32,35)(H,33,37)/t20-,22-,25-,26?/m0/s1. The van der Waals surface area contributed by atoms with Crippen molar-refractivity contribution in [2.45, 2.75) is 77.5 Å². The molecule has 1 aliphatic heterocycles. The van der Waals surface area contributed by atoms with Gasteiger partial charge >= 0.3 is 6.09 Å². The zero-order chi connectivity index (χ0) is 28.7. The van der Waals surface area contributed by atoms with Crippen molar-refractivity contribution in [3.63, 3.8) is 0 Å². The highest BCUT2D eigenvalue weighted by Crippen LogP contribution is 2.38. The number of amides is 3. The number of nitrogens with zero attached hydrogens (tertiary/aromatic N) is 1. The van der Waals surface area contributed by atoms with E-state index in [1.807, 2.05) is 76.2 Å². The molecule has 212 valence electrons. The normalized spacial score (nSPS) is 18.0. The second-order valence-corrected chi connectivity index (χ2v) is 11.8. The van der Waals surface area contributed by atoms with Gasteiger partial charge in [0.2, 0.25) is 5.91 Å². The number of halogens is 1. The fourth-order valence-corrected chi connectivity index (χ4v) is 5.25. The lowest BCUT2D eigenvalue weighted by Crippen LogP contribution is -2.47. The number of ether oxygens (including phenoxy) is 1. The average molecular weight is 558 g/mol. The molecule has 1 aliphatic rings. The Labute approximate surface area is 236 Å². The summed E-state index contributed by atoms with van der Waals surface area (Å²) in [6.07, 6.45) is -0.438. The Hall–Kier alpha value is -3.10. The van der Waals surface area contributed by atoms with E-state index in [1.165, 1.54) is 0 Å². The average Bonchev–Trinajstić information content (AvgIpc) is 3.19. The fraction of sp³-hybridized carbons (Fsp3) is 0.500. The van der Waals surface area contributed by atoms with Crippen molar-refractivity contribution in [2.24, 2.45) is 11.8 Å². The van der Waals surface area contributed by atoms with E-state index >= 15 is 0 Å². The summed E-state index contributed by atoms with van der Waals surface area (Å²) in [6, 6.07) is 16.3. The Bertz CT molecular complexity index is 1140. The van der Waals surface area contributed by atoms with Gasteiger partial charge in [0.05, 0.1) is 6.04 Å². The molecule has 1 fully saturated rings. The number of alkyl carbamates (subject to hydrolysis) is 1. The molecule has 3 rings (SSSR count). The Balaban J connectivity index is 1.74. The van der Waals surface area contributed by atoms with Crippen LogP contribution in [-0.4, -0.2) is 46.9 Å². The van der Waals surface area contributed by atoms with Gasteiger partial charge in [0.1, 0.15) is 0 Å². The Morgan fingerprint density at radius 3 is 2.38 bits per heavy atom. The maximum absolute atomic E-state index is 13.3. The van der Waals surface area contributed by atoms with Gasteiger partial charge in [-0.1, -0.05) is 81.8 Å². The maximum atomic E-state index is 13.3. The number of nitrogens with one attached hydrogen (secondary N) is 2. The van der Waals surface area contributed by atoms with E-state index in [-0.39, 0.29) is 30.3 Å². The van der Waals surface area contributed by atoms with Crippen LogP contribution in [0.3, 0.4) is 0 Å². The quantitative estimate of drug-likeness (QED) is 0.310. The summed E-state index contributed by atoms with van der Waals surface area (Å²) in [5, 5.41) is 16.8. The molecule has 9 heteroatoms. The highest BCUT2D eigenvalue weighted by Gasteiger charge is 2.36. The van der Waals surface area contributed by atoms with Crippen molar-refractivity contribution in [1.82, 2.24) is 15.7 Å². The number of hydrogen-bond acceptors (Lipinski definition) is 5. The van der Waals surface area contributed by atoms with Crippen LogP contribution in [-0.2, 0) is 19.7 Å². The Kier molecular flexibility index (Phi) is 10.4. The molecule has 0 saturated carbocycles. The van der Waals surface area contributed by atoms with Crippen LogP contribution in [0.5, 0.6) is 0 Å². The van der Waals surface area contributed by atoms with Crippen molar-refractivity contribution in [3.8, 4) is 0 Å². The Morgan fingerprint density at radius 1 is 1.10 bits per heavy atom. The van der Waals surface area contributed by atoms with E-state index in [4.69, 9.17) is 16.3 Å². The molecular formula is C30H40ClN3O5. The van der Waals surface area contributed by atoms with Gasteiger partial charge in [-0.2, -0.15) is 0 Å². The van der Waals surface area contributed by atoms with Crippen LogP contribution in [0.4, 0.5) is 4.79 Å². The molecule has 1 heterocycles. The van der Waals surface area contributed by atoms with Crippen molar-refractivity contribution in [2.75, 3.05) is 6.54 Å². The monoisotopic (exact) mass is 557 g/mol. The van der Waals surface area contributed by atoms with E-state index in [0.29, 0.717) is 24.3 Å². The molecule has 0 aliphatic carbocycles. The molecule has 3 amide bonds. The lowest BCUT2D eigenvalue weighted by Gasteiger charge is -2.36. The minimum absolute atomic E-state index is 0.0936. The van der Waals surface area contributed by atoms with E-state index in [9.17, 15) is 19.6 Å². The molecule has 0 aromatic heterocycles. The number of carbonyl (C=O) groups excluding carboxylic acids is 3. The van der Waals surface area contributed by atoms with Crippen molar-refractivity contribution < 1.29 is 24.3 Å². The second-order valence-electron chi connectivity index (χ2n) is 11.3. The van der Waals surface area contributed by atoms with Crippen LogP contribution < -0.4 is 10.6 Å². The van der Waals surface area contributed by atoms with E-state index in [0.717, 1.165) is 16.2 Å². The van der Waals surface area contributed by atoms with Crippen LogP contribution >= 0.6 is 11.6 Å². The first-order chi connectivity index (χ1) is 18.4. The predicted molar refractivity (Wildman–Crippen MR) is 150 cm³/mol. The molecule has 1 unspecified atom stereocenters.